The van der Waals surface area contributed by atoms with E-state index in [9.17, 15) is 4.39 Å². The second-order valence-electron chi connectivity index (χ2n) is 12.8. The predicted octanol–water partition coefficient (Wildman–Crippen LogP) is 3.89. The van der Waals surface area contributed by atoms with E-state index in [2.05, 4.69) is 30.1 Å². The summed E-state index contributed by atoms with van der Waals surface area (Å²) in [4.78, 5) is 23.1. The molecule has 1 saturated carbocycles. The molecule has 216 valence electrons. The standard InChI is InChI=1S/C30H36F2N8O/c1-16-9-22(33)36-26(23(16)17-3-4-17)27-24(32)25-21(11-34-27)28(39-13-19-5-6-20(14-39)35-19)38-29(37-25)41-15-30-7-2-8-40(30)12-18(31)10-30/h9,11,17-20,35H,2-8,10,12-15H2,1H3,(H2,33,36)/t18-,19-,20+,30+/m1/s1. The van der Waals surface area contributed by atoms with Crippen molar-refractivity contribution in [2.24, 2.45) is 0 Å². The number of alkyl halides is 1. The molecule has 0 unspecified atom stereocenters. The number of hydrogen-bond acceptors (Lipinski definition) is 9. The first kappa shape index (κ1) is 25.5. The Labute approximate surface area is 237 Å². The Morgan fingerprint density at radius 2 is 1.90 bits per heavy atom. The van der Waals surface area contributed by atoms with Crippen LogP contribution in [-0.2, 0) is 0 Å². The average Bonchev–Trinajstić information content (AvgIpc) is 3.52. The second kappa shape index (κ2) is 9.42. The van der Waals surface area contributed by atoms with Gasteiger partial charge in [0, 0.05) is 44.3 Å². The second-order valence-corrected chi connectivity index (χ2v) is 12.8. The molecule has 0 amide bonds. The van der Waals surface area contributed by atoms with Gasteiger partial charge in [-0.2, -0.15) is 9.97 Å². The van der Waals surface area contributed by atoms with Crippen molar-refractivity contribution in [3.63, 3.8) is 0 Å². The molecule has 4 atom stereocenters. The average molecular weight is 563 g/mol. The van der Waals surface area contributed by atoms with E-state index in [4.69, 9.17) is 15.5 Å². The lowest BCUT2D eigenvalue weighted by atomic mass is 9.95. The van der Waals surface area contributed by atoms with E-state index in [0.717, 1.165) is 69.3 Å². The first-order valence-electron chi connectivity index (χ1n) is 15.0. The van der Waals surface area contributed by atoms with Crippen LogP contribution < -0.4 is 20.7 Å². The van der Waals surface area contributed by atoms with Crippen molar-refractivity contribution in [2.75, 3.05) is 43.4 Å². The number of aromatic nitrogens is 4. The molecule has 8 rings (SSSR count). The number of rotatable bonds is 6. The Balaban J connectivity index is 1.23. The minimum atomic E-state index is -0.857. The SMILES string of the molecule is Cc1cc(N)nc(-c2ncc3c(N4C[C@H]5CC[C@@H](C4)N5)nc(OC[C@@]45CCCN4C[C@H](F)C5)nc3c2F)c1C1CC1. The van der Waals surface area contributed by atoms with Gasteiger partial charge in [0.25, 0.3) is 0 Å². The van der Waals surface area contributed by atoms with Crippen molar-refractivity contribution in [2.45, 2.75) is 81.6 Å². The van der Waals surface area contributed by atoms with E-state index in [-0.39, 0.29) is 29.4 Å². The molecule has 3 aromatic rings. The molecule has 0 radical (unpaired) electrons. The highest BCUT2D eigenvalue weighted by Crippen LogP contribution is 2.46. The molecule has 0 aromatic carbocycles. The van der Waals surface area contributed by atoms with Crippen LogP contribution in [0.3, 0.4) is 0 Å². The van der Waals surface area contributed by atoms with Crippen LogP contribution in [0.1, 0.15) is 62.0 Å². The van der Waals surface area contributed by atoms with E-state index in [1.807, 2.05) is 13.0 Å². The van der Waals surface area contributed by atoms with E-state index in [1.165, 1.54) is 0 Å². The van der Waals surface area contributed by atoms with Crippen molar-refractivity contribution >= 4 is 22.5 Å². The predicted molar refractivity (Wildman–Crippen MR) is 152 cm³/mol. The maximum Gasteiger partial charge on any atom is 0.319 e. The molecule has 5 aliphatic rings. The number of nitrogens with two attached hydrogens (primary N) is 1. The maximum atomic E-state index is 16.6. The summed E-state index contributed by atoms with van der Waals surface area (Å²) < 4.78 is 37.3. The summed E-state index contributed by atoms with van der Waals surface area (Å²) in [5, 5.41) is 4.21. The fourth-order valence-electron chi connectivity index (χ4n) is 7.89. The van der Waals surface area contributed by atoms with Crippen LogP contribution in [0.2, 0.25) is 0 Å². The molecular weight excluding hydrogens is 526 g/mol. The Morgan fingerprint density at radius 3 is 2.68 bits per heavy atom. The van der Waals surface area contributed by atoms with Gasteiger partial charge in [0.15, 0.2) is 5.82 Å². The zero-order valence-electron chi connectivity index (χ0n) is 23.4. The fourth-order valence-corrected chi connectivity index (χ4v) is 7.89. The molecule has 9 nitrogen and oxygen atoms in total. The van der Waals surface area contributed by atoms with Crippen molar-refractivity contribution in [1.82, 2.24) is 30.2 Å². The molecule has 2 bridgehead atoms. The van der Waals surface area contributed by atoms with Crippen LogP contribution in [0.4, 0.5) is 20.4 Å². The zero-order chi connectivity index (χ0) is 27.9. The van der Waals surface area contributed by atoms with Crippen LogP contribution in [0.5, 0.6) is 6.01 Å². The molecule has 11 heteroatoms. The van der Waals surface area contributed by atoms with Gasteiger partial charge in [0.2, 0.25) is 0 Å². The number of pyridine rings is 2. The first-order valence-corrected chi connectivity index (χ1v) is 15.0. The third-order valence-corrected chi connectivity index (χ3v) is 9.89. The van der Waals surface area contributed by atoms with E-state index >= 15 is 4.39 Å². The summed E-state index contributed by atoms with van der Waals surface area (Å²) in [6.07, 6.45) is 7.46. The maximum absolute atomic E-state index is 16.6. The van der Waals surface area contributed by atoms with E-state index < -0.39 is 12.0 Å². The van der Waals surface area contributed by atoms with Crippen molar-refractivity contribution in [3.8, 4) is 17.4 Å². The summed E-state index contributed by atoms with van der Waals surface area (Å²) in [5.74, 6) is 0.774. The van der Waals surface area contributed by atoms with Crippen LogP contribution in [0.15, 0.2) is 12.3 Å². The van der Waals surface area contributed by atoms with Crippen LogP contribution >= 0.6 is 0 Å². The molecular formula is C30H36F2N8O. The number of fused-ring (bicyclic) bond motifs is 4. The lowest BCUT2D eigenvalue weighted by Crippen LogP contribution is -2.51. The van der Waals surface area contributed by atoms with Crippen molar-refractivity contribution in [3.05, 3.63) is 29.2 Å². The largest absolute Gasteiger partial charge is 0.461 e. The molecule has 3 N–H and O–H groups in total. The molecule has 5 fully saturated rings. The zero-order valence-corrected chi connectivity index (χ0v) is 23.4. The minimum absolute atomic E-state index is 0.122. The Hall–Kier alpha value is -3.18. The monoisotopic (exact) mass is 562 g/mol. The van der Waals surface area contributed by atoms with Gasteiger partial charge >= 0.3 is 6.01 Å². The lowest BCUT2D eigenvalue weighted by molar-refractivity contribution is 0.107. The Bertz CT molecular complexity index is 1520. The number of halogens is 2. The van der Waals surface area contributed by atoms with Crippen LogP contribution in [-0.4, -0.2) is 81.4 Å². The summed E-state index contributed by atoms with van der Waals surface area (Å²) in [7, 11) is 0. The fraction of sp³-hybridized carbons (Fsp3) is 0.600. The van der Waals surface area contributed by atoms with Crippen molar-refractivity contribution in [1.29, 1.82) is 0 Å². The molecule has 41 heavy (non-hydrogen) atoms. The molecule has 7 heterocycles. The van der Waals surface area contributed by atoms with Crippen LogP contribution in [0.25, 0.3) is 22.3 Å². The number of hydrogen-bond donors (Lipinski definition) is 2. The van der Waals surface area contributed by atoms with Gasteiger partial charge in [0.05, 0.1) is 16.6 Å². The van der Waals surface area contributed by atoms with Crippen LogP contribution in [0, 0.1) is 12.7 Å². The van der Waals surface area contributed by atoms with Crippen molar-refractivity contribution < 1.29 is 13.5 Å². The number of nitrogen functional groups attached to an aromatic ring is 1. The normalized spacial score (nSPS) is 29.4. The number of aryl methyl sites for hydroxylation is 1. The number of ether oxygens (including phenoxy) is 1. The number of nitrogens with zero attached hydrogens (tertiary/aromatic N) is 6. The summed E-state index contributed by atoms with van der Waals surface area (Å²) in [6.45, 7) is 5.14. The smallest absolute Gasteiger partial charge is 0.319 e. The summed E-state index contributed by atoms with van der Waals surface area (Å²) in [6, 6.07) is 2.70. The Kier molecular flexibility index (Phi) is 5.86. The van der Waals surface area contributed by atoms with E-state index in [0.29, 0.717) is 53.7 Å². The molecule has 1 aliphatic carbocycles. The highest BCUT2D eigenvalue weighted by atomic mass is 19.1. The summed E-state index contributed by atoms with van der Waals surface area (Å²) >= 11 is 0. The Morgan fingerprint density at radius 1 is 1.10 bits per heavy atom. The topological polar surface area (TPSA) is 105 Å². The number of anilines is 2. The minimum Gasteiger partial charge on any atom is -0.461 e. The highest BCUT2D eigenvalue weighted by molar-refractivity contribution is 5.92. The third kappa shape index (κ3) is 4.31. The first-order chi connectivity index (χ1) is 19.9. The number of piperazine rings is 1. The van der Waals surface area contributed by atoms with Gasteiger partial charge in [-0.15, -0.1) is 0 Å². The van der Waals surface area contributed by atoms with Gasteiger partial charge in [-0.25, -0.2) is 13.8 Å². The number of nitrogens with one attached hydrogen (secondary N) is 1. The van der Waals surface area contributed by atoms with Gasteiger partial charge in [-0.05, 0) is 75.1 Å². The van der Waals surface area contributed by atoms with Gasteiger partial charge < -0.3 is 20.7 Å². The highest BCUT2D eigenvalue weighted by Gasteiger charge is 2.49. The third-order valence-electron chi connectivity index (χ3n) is 9.89. The van der Waals surface area contributed by atoms with Gasteiger partial charge in [-0.1, -0.05) is 0 Å². The van der Waals surface area contributed by atoms with Gasteiger partial charge in [0.1, 0.15) is 35.6 Å². The lowest BCUT2D eigenvalue weighted by Gasteiger charge is -2.34. The van der Waals surface area contributed by atoms with E-state index in [1.54, 1.807) is 6.20 Å². The van der Waals surface area contributed by atoms with Gasteiger partial charge in [-0.3, -0.25) is 9.88 Å². The quantitative estimate of drug-likeness (QED) is 0.463. The molecule has 4 aliphatic heterocycles. The molecule has 4 saturated heterocycles. The summed E-state index contributed by atoms with van der Waals surface area (Å²) in [5.41, 5.74) is 8.61. The molecule has 3 aromatic heterocycles. The molecule has 0 spiro atoms.